The Morgan fingerprint density at radius 3 is 2.18 bits per heavy atom. The fourth-order valence-corrected chi connectivity index (χ4v) is 3.08. The predicted octanol–water partition coefficient (Wildman–Crippen LogP) is 5.68. The molecule has 0 aliphatic carbocycles. The van der Waals surface area contributed by atoms with Crippen molar-refractivity contribution in [2.45, 2.75) is 6.42 Å². The lowest BCUT2D eigenvalue weighted by atomic mass is 9.98. The van der Waals surface area contributed by atoms with Crippen molar-refractivity contribution in [3.8, 4) is 5.75 Å². The predicted molar refractivity (Wildman–Crippen MR) is 115 cm³/mol. The first-order valence-electron chi connectivity index (χ1n) is 8.96. The Labute approximate surface area is 173 Å². The highest BCUT2D eigenvalue weighted by Crippen LogP contribution is 2.25. The van der Waals surface area contributed by atoms with Crippen molar-refractivity contribution < 1.29 is 14.3 Å². The molecular weight excluding hydrogens is 416 g/mol. The van der Waals surface area contributed by atoms with Crippen LogP contribution in [0.5, 0.6) is 5.75 Å². The van der Waals surface area contributed by atoms with E-state index in [1.807, 2.05) is 54.6 Å². The van der Waals surface area contributed by atoms with Gasteiger partial charge in [0, 0.05) is 4.47 Å². The zero-order valence-corrected chi connectivity index (χ0v) is 17.2. The molecule has 3 rings (SSSR count). The number of ether oxygens (including phenoxy) is 2. The van der Waals surface area contributed by atoms with Gasteiger partial charge in [-0.15, -0.1) is 0 Å². The third-order valence-corrected chi connectivity index (χ3v) is 4.81. The van der Waals surface area contributed by atoms with Gasteiger partial charge in [0.05, 0.1) is 13.5 Å². The monoisotopic (exact) mass is 436 g/mol. The number of halogens is 1. The second kappa shape index (κ2) is 9.90. The van der Waals surface area contributed by atoms with Crippen LogP contribution in [0.1, 0.15) is 16.7 Å². The van der Waals surface area contributed by atoms with Crippen molar-refractivity contribution >= 4 is 27.5 Å². The van der Waals surface area contributed by atoms with Crippen LogP contribution in [0.2, 0.25) is 0 Å². The van der Waals surface area contributed by atoms with Crippen LogP contribution < -0.4 is 4.74 Å². The molecule has 0 bridgehead atoms. The number of rotatable bonds is 7. The van der Waals surface area contributed by atoms with E-state index in [2.05, 4.69) is 51.0 Å². The summed E-state index contributed by atoms with van der Waals surface area (Å²) >= 11 is 3.49. The van der Waals surface area contributed by atoms with Gasteiger partial charge in [-0.05, 0) is 52.6 Å². The summed E-state index contributed by atoms with van der Waals surface area (Å²) < 4.78 is 11.6. The SMILES string of the molecule is COC(=O)Cc1ccc(OC/C=C(/c2ccccc2)c2ccc(Br)cc2)cc1. The summed E-state index contributed by atoms with van der Waals surface area (Å²) in [5, 5.41) is 0. The number of methoxy groups -OCH3 is 1. The normalized spacial score (nSPS) is 11.1. The first-order chi connectivity index (χ1) is 13.7. The summed E-state index contributed by atoms with van der Waals surface area (Å²) in [4.78, 5) is 11.3. The van der Waals surface area contributed by atoms with Crippen molar-refractivity contribution in [2.24, 2.45) is 0 Å². The molecule has 0 radical (unpaired) electrons. The number of carbonyl (C=O) groups excluding carboxylic acids is 1. The number of carbonyl (C=O) groups is 1. The van der Waals surface area contributed by atoms with Gasteiger partial charge in [0.1, 0.15) is 12.4 Å². The topological polar surface area (TPSA) is 35.5 Å². The highest BCUT2D eigenvalue weighted by molar-refractivity contribution is 9.10. The fourth-order valence-electron chi connectivity index (χ4n) is 2.81. The van der Waals surface area contributed by atoms with Crippen LogP contribution in [-0.4, -0.2) is 19.7 Å². The van der Waals surface area contributed by atoms with Crippen molar-refractivity contribution in [1.82, 2.24) is 0 Å². The van der Waals surface area contributed by atoms with Crippen LogP contribution in [0.3, 0.4) is 0 Å². The first kappa shape index (κ1) is 19.9. The van der Waals surface area contributed by atoms with Crippen LogP contribution in [-0.2, 0) is 16.0 Å². The minimum Gasteiger partial charge on any atom is -0.490 e. The molecule has 3 nitrogen and oxygen atoms in total. The summed E-state index contributed by atoms with van der Waals surface area (Å²) in [6.45, 7) is 0.441. The summed E-state index contributed by atoms with van der Waals surface area (Å²) in [6, 6.07) is 26.0. The van der Waals surface area contributed by atoms with Crippen molar-refractivity contribution in [1.29, 1.82) is 0 Å². The quantitative estimate of drug-likeness (QED) is 0.447. The molecule has 0 atom stereocenters. The van der Waals surface area contributed by atoms with Gasteiger partial charge in [0.2, 0.25) is 0 Å². The van der Waals surface area contributed by atoms with E-state index < -0.39 is 0 Å². The summed E-state index contributed by atoms with van der Waals surface area (Å²) in [5.74, 6) is 0.506. The van der Waals surface area contributed by atoms with Gasteiger partial charge in [-0.3, -0.25) is 4.79 Å². The molecule has 0 N–H and O–H groups in total. The molecule has 28 heavy (non-hydrogen) atoms. The van der Waals surface area contributed by atoms with E-state index in [4.69, 9.17) is 4.74 Å². The molecule has 0 heterocycles. The molecular formula is C24H21BrO3. The number of hydrogen-bond acceptors (Lipinski definition) is 3. The largest absolute Gasteiger partial charge is 0.490 e. The summed E-state index contributed by atoms with van der Waals surface area (Å²) in [5.41, 5.74) is 4.29. The zero-order valence-electron chi connectivity index (χ0n) is 15.6. The average molecular weight is 437 g/mol. The van der Waals surface area contributed by atoms with E-state index in [0.717, 1.165) is 32.5 Å². The molecule has 142 valence electrons. The standard InChI is InChI=1S/C24H21BrO3/c1-27-24(26)17-18-7-13-22(14-8-18)28-16-15-23(19-5-3-2-4-6-19)20-9-11-21(25)12-10-20/h2-15H,16-17H2,1H3/b23-15-. The maximum Gasteiger partial charge on any atom is 0.309 e. The number of hydrogen-bond donors (Lipinski definition) is 0. The highest BCUT2D eigenvalue weighted by atomic mass is 79.9. The highest BCUT2D eigenvalue weighted by Gasteiger charge is 2.06. The summed E-state index contributed by atoms with van der Waals surface area (Å²) in [7, 11) is 1.39. The minimum atomic E-state index is -0.251. The number of benzene rings is 3. The lowest BCUT2D eigenvalue weighted by Gasteiger charge is -2.10. The van der Waals surface area contributed by atoms with Crippen LogP contribution in [0.15, 0.2) is 89.4 Å². The Hall–Kier alpha value is -2.85. The van der Waals surface area contributed by atoms with Crippen LogP contribution >= 0.6 is 15.9 Å². The Morgan fingerprint density at radius 2 is 1.54 bits per heavy atom. The second-order valence-corrected chi connectivity index (χ2v) is 7.11. The maximum atomic E-state index is 11.3. The second-order valence-electron chi connectivity index (χ2n) is 6.20. The molecule has 0 aliphatic heterocycles. The minimum absolute atomic E-state index is 0.251. The van der Waals surface area contributed by atoms with E-state index in [0.29, 0.717) is 6.61 Å². The molecule has 0 amide bonds. The van der Waals surface area contributed by atoms with E-state index in [-0.39, 0.29) is 12.4 Å². The number of esters is 1. The first-order valence-corrected chi connectivity index (χ1v) is 9.75. The zero-order chi connectivity index (χ0) is 19.8. The Bertz CT molecular complexity index is 930. The Balaban J connectivity index is 1.73. The van der Waals surface area contributed by atoms with Gasteiger partial charge in [-0.25, -0.2) is 0 Å². The molecule has 0 saturated carbocycles. The molecule has 3 aromatic carbocycles. The van der Waals surface area contributed by atoms with Crippen LogP contribution in [0.4, 0.5) is 0 Å². The smallest absolute Gasteiger partial charge is 0.309 e. The maximum absolute atomic E-state index is 11.3. The third-order valence-electron chi connectivity index (χ3n) is 4.28. The molecule has 0 aliphatic rings. The van der Waals surface area contributed by atoms with Crippen molar-refractivity contribution in [3.05, 3.63) is 106 Å². The van der Waals surface area contributed by atoms with E-state index in [1.54, 1.807) is 0 Å². The van der Waals surface area contributed by atoms with Crippen molar-refractivity contribution in [2.75, 3.05) is 13.7 Å². The molecule has 3 aromatic rings. The molecule has 0 aromatic heterocycles. The van der Waals surface area contributed by atoms with Gasteiger partial charge in [-0.2, -0.15) is 0 Å². The third kappa shape index (κ3) is 5.57. The molecule has 0 fully saturated rings. The van der Waals surface area contributed by atoms with Crippen LogP contribution in [0.25, 0.3) is 5.57 Å². The Morgan fingerprint density at radius 1 is 0.893 bits per heavy atom. The lowest BCUT2D eigenvalue weighted by Crippen LogP contribution is -2.04. The van der Waals surface area contributed by atoms with E-state index in [1.165, 1.54) is 7.11 Å². The van der Waals surface area contributed by atoms with E-state index >= 15 is 0 Å². The van der Waals surface area contributed by atoms with Gasteiger partial charge < -0.3 is 9.47 Å². The summed E-state index contributed by atoms with van der Waals surface area (Å²) in [6.07, 6.45) is 2.35. The fraction of sp³-hybridized carbons (Fsp3) is 0.125. The molecule has 0 spiro atoms. The van der Waals surface area contributed by atoms with Crippen LogP contribution in [0, 0.1) is 0 Å². The van der Waals surface area contributed by atoms with Gasteiger partial charge >= 0.3 is 5.97 Å². The molecule has 0 saturated heterocycles. The Kier molecular flexibility index (Phi) is 7.04. The van der Waals surface area contributed by atoms with Gasteiger partial charge in [-0.1, -0.05) is 70.5 Å². The molecule has 4 heteroatoms. The van der Waals surface area contributed by atoms with E-state index in [9.17, 15) is 4.79 Å². The molecule has 0 unspecified atom stereocenters. The average Bonchev–Trinajstić information content (AvgIpc) is 2.74. The van der Waals surface area contributed by atoms with Crippen molar-refractivity contribution in [3.63, 3.8) is 0 Å². The lowest BCUT2D eigenvalue weighted by molar-refractivity contribution is -0.139. The van der Waals surface area contributed by atoms with Gasteiger partial charge in [0.25, 0.3) is 0 Å². The van der Waals surface area contributed by atoms with Gasteiger partial charge in [0.15, 0.2) is 0 Å².